The monoisotopic (exact) mass is 205 g/mol. The van der Waals surface area contributed by atoms with E-state index in [9.17, 15) is 0 Å². The van der Waals surface area contributed by atoms with E-state index in [0.717, 1.165) is 0 Å². The molecule has 66 valence electrons. The first-order chi connectivity index (χ1) is 5.59. The van der Waals surface area contributed by atoms with Gasteiger partial charge in [0.05, 0.1) is 12.3 Å². The number of hydrogen-bond donors (Lipinski definition) is 0. The predicted molar refractivity (Wildman–Crippen MR) is 50.0 cm³/mol. The molecule has 0 aliphatic rings. The lowest BCUT2D eigenvalue weighted by Crippen LogP contribution is -2.05. The molecule has 0 unspecified atom stereocenters. The summed E-state index contributed by atoms with van der Waals surface area (Å²) in [4.78, 5) is 3.80. The highest BCUT2D eigenvalue weighted by molar-refractivity contribution is 6.33. The maximum atomic E-state index is 5.79. The molecular weight excluding hydrogens is 197 g/mol. The number of aromatic nitrogens is 1. The van der Waals surface area contributed by atoms with E-state index in [1.807, 2.05) is 13.8 Å². The van der Waals surface area contributed by atoms with Crippen molar-refractivity contribution in [3.05, 3.63) is 22.4 Å². The minimum atomic E-state index is 0.0842. The molecule has 0 aliphatic carbocycles. The summed E-state index contributed by atoms with van der Waals surface area (Å²) in [7, 11) is 0. The molecule has 1 aromatic heterocycles. The number of nitrogens with zero attached hydrogens (tertiary/aromatic N) is 1. The van der Waals surface area contributed by atoms with Gasteiger partial charge in [0.2, 0.25) is 0 Å². The Balaban J connectivity index is 2.90. The zero-order valence-electron chi connectivity index (χ0n) is 6.84. The van der Waals surface area contributed by atoms with Crippen LogP contribution < -0.4 is 4.74 Å². The zero-order valence-corrected chi connectivity index (χ0v) is 8.36. The van der Waals surface area contributed by atoms with Crippen LogP contribution in [0.15, 0.2) is 12.3 Å². The normalized spacial score (nSPS) is 10.4. The Morgan fingerprint density at radius 3 is 2.67 bits per heavy atom. The first-order valence-corrected chi connectivity index (χ1v) is 4.33. The average Bonchev–Trinajstić information content (AvgIpc) is 1.96. The molecule has 4 heteroatoms. The van der Waals surface area contributed by atoms with Gasteiger partial charge in [-0.15, -0.1) is 0 Å². The molecule has 0 radical (unpaired) electrons. The van der Waals surface area contributed by atoms with Crippen LogP contribution in [0.2, 0.25) is 10.2 Å². The molecule has 0 spiro atoms. The molecule has 0 fully saturated rings. The molecule has 0 aliphatic heterocycles. The van der Waals surface area contributed by atoms with Gasteiger partial charge in [-0.05, 0) is 13.8 Å². The van der Waals surface area contributed by atoms with Crippen molar-refractivity contribution >= 4 is 23.2 Å². The molecule has 0 saturated heterocycles. The van der Waals surface area contributed by atoms with Crippen molar-refractivity contribution in [1.82, 2.24) is 4.98 Å². The second kappa shape index (κ2) is 3.97. The van der Waals surface area contributed by atoms with Crippen LogP contribution in [0.3, 0.4) is 0 Å². The molecule has 0 bridgehead atoms. The first-order valence-electron chi connectivity index (χ1n) is 3.57. The largest absolute Gasteiger partial charge is 0.489 e. The fourth-order valence-electron chi connectivity index (χ4n) is 0.741. The molecule has 2 nitrogen and oxygen atoms in total. The van der Waals surface area contributed by atoms with Gasteiger partial charge in [-0.3, -0.25) is 0 Å². The average molecular weight is 206 g/mol. The van der Waals surface area contributed by atoms with Gasteiger partial charge in [0.25, 0.3) is 0 Å². The van der Waals surface area contributed by atoms with E-state index >= 15 is 0 Å². The van der Waals surface area contributed by atoms with Crippen molar-refractivity contribution < 1.29 is 4.74 Å². The summed E-state index contributed by atoms with van der Waals surface area (Å²) >= 11 is 11.4. The third-order valence-corrected chi connectivity index (χ3v) is 1.64. The van der Waals surface area contributed by atoms with Gasteiger partial charge in [-0.1, -0.05) is 23.2 Å². The van der Waals surface area contributed by atoms with E-state index < -0.39 is 0 Å². The highest BCUT2D eigenvalue weighted by Gasteiger charge is 2.04. The Bertz CT molecular complexity index is 276. The van der Waals surface area contributed by atoms with Crippen molar-refractivity contribution in [1.29, 1.82) is 0 Å². The SMILES string of the molecule is CC(C)Oc1cc(Cl)ncc1Cl. The molecule has 0 atom stereocenters. The maximum Gasteiger partial charge on any atom is 0.142 e. The summed E-state index contributed by atoms with van der Waals surface area (Å²) in [5, 5.41) is 0.864. The third-order valence-electron chi connectivity index (χ3n) is 1.15. The quantitative estimate of drug-likeness (QED) is 0.693. The fraction of sp³-hybridized carbons (Fsp3) is 0.375. The zero-order chi connectivity index (χ0) is 9.14. The van der Waals surface area contributed by atoms with Crippen LogP contribution in [-0.4, -0.2) is 11.1 Å². The summed E-state index contributed by atoms with van der Waals surface area (Å²) in [6.07, 6.45) is 1.56. The van der Waals surface area contributed by atoms with Crippen LogP contribution in [0.25, 0.3) is 0 Å². The van der Waals surface area contributed by atoms with Crippen molar-refractivity contribution in [2.75, 3.05) is 0 Å². The molecule has 0 saturated carbocycles. The van der Waals surface area contributed by atoms with Gasteiger partial charge < -0.3 is 4.74 Å². The summed E-state index contributed by atoms with van der Waals surface area (Å²) in [5.41, 5.74) is 0. The minimum Gasteiger partial charge on any atom is -0.489 e. The van der Waals surface area contributed by atoms with Crippen molar-refractivity contribution in [3.63, 3.8) is 0 Å². The van der Waals surface area contributed by atoms with Crippen LogP contribution in [0.5, 0.6) is 5.75 Å². The van der Waals surface area contributed by atoms with Crippen LogP contribution in [-0.2, 0) is 0 Å². The fourth-order valence-corrected chi connectivity index (χ4v) is 1.04. The molecule has 0 aromatic carbocycles. The van der Waals surface area contributed by atoms with Crippen molar-refractivity contribution in [2.45, 2.75) is 20.0 Å². The van der Waals surface area contributed by atoms with Crippen molar-refractivity contribution in [2.24, 2.45) is 0 Å². The van der Waals surface area contributed by atoms with Gasteiger partial charge in [-0.2, -0.15) is 0 Å². The second-order valence-electron chi connectivity index (χ2n) is 2.60. The molecule has 0 N–H and O–H groups in total. The molecule has 1 rings (SSSR count). The lowest BCUT2D eigenvalue weighted by atomic mass is 10.4. The third kappa shape index (κ3) is 2.54. The van der Waals surface area contributed by atoms with Crippen LogP contribution >= 0.6 is 23.2 Å². The highest BCUT2D eigenvalue weighted by atomic mass is 35.5. The molecule has 12 heavy (non-hydrogen) atoms. The lowest BCUT2D eigenvalue weighted by Gasteiger charge is -2.10. The standard InChI is InChI=1S/C8H9Cl2NO/c1-5(2)12-7-3-8(10)11-4-6(7)9/h3-5H,1-2H3. The maximum absolute atomic E-state index is 5.79. The summed E-state index contributed by atoms with van der Waals surface area (Å²) < 4.78 is 5.37. The van der Waals surface area contributed by atoms with E-state index in [2.05, 4.69) is 4.98 Å². The first kappa shape index (κ1) is 9.62. The van der Waals surface area contributed by atoms with Crippen molar-refractivity contribution in [3.8, 4) is 5.75 Å². The van der Waals surface area contributed by atoms with E-state index in [4.69, 9.17) is 27.9 Å². The topological polar surface area (TPSA) is 22.1 Å². The number of rotatable bonds is 2. The van der Waals surface area contributed by atoms with Crippen LogP contribution in [0.1, 0.15) is 13.8 Å². The van der Waals surface area contributed by atoms with Crippen LogP contribution in [0.4, 0.5) is 0 Å². The summed E-state index contributed by atoms with van der Waals surface area (Å²) in [5.74, 6) is 0.576. The Morgan fingerprint density at radius 1 is 1.42 bits per heavy atom. The summed E-state index contributed by atoms with van der Waals surface area (Å²) in [6, 6.07) is 1.60. The van der Waals surface area contributed by atoms with E-state index in [1.165, 1.54) is 6.20 Å². The van der Waals surface area contributed by atoms with Gasteiger partial charge in [0.1, 0.15) is 15.9 Å². The number of pyridine rings is 1. The second-order valence-corrected chi connectivity index (χ2v) is 3.40. The summed E-state index contributed by atoms with van der Waals surface area (Å²) in [6.45, 7) is 3.84. The van der Waals surface area contributed by atoms with E-state index in [0.29, 0.717) is 15.9 Å². The Labute approximate surface area is 81.5 Å². The van der Waals surface area contributed by atoms with Gasteiger partial charge in [0.15, 0.2) is 0 Å². The Kier molecular flexibility index (Phi) is 3.18. The number of halogens is 2. The lowest BCUT2D eigenvalue weighted by molar-refractivity contribution is 0.242. The minimum absolute atomic E-state index is 0.0842. The van der Waals surface area contributed by atoms with E-state index in [-0.39, 0.29) is 6.10 Å². The molecule has 1 aromatic rings. The Morgan fingerprint density at radius 2 is 2.08 bits per heavy atom. The van der Waals surface area contributed by atoms with Crippen LogP contribution in [0, 0.1) is 0 Å². The molecular formula is C8H9Cl2NO. The van der Waals surface area contributed by atoms with Gasteiger partial charge in [0, 0.05) is 6.07 Å². The molecule has 1 heterocycles. The predicted octanol–water partition coefficient (Wildman–Crippen LogP) is 3.18. The molecule has 0 amide bonds. The van der Waals surface area contributed by atoms with E-state index in [1.54, 1.807) is 6.07 Å². The number of hydrogen-bond acceptors (Lipinski definition) is 2. The van der Waals surface area contributed by atoms with Gasteiger partial charge >= 0.3 is 0 Å². The number of ether oxygens (including phenoxy) is 1. The van der Waals surface area contributed by atoms with Gasteiger partial charge in [-0.25, -0.2) is 4.98 Å². The Hall–Kier alpha value is -0.470. The highest BCUT2D eigenvalue weighted by Crippen LogP contribution is 2.26. The smallest absolute Gasteiger partial charge is 0.142 e.